The summed E-state index contributed by atoms with van der Waals surface area (Å²) in [5.74, 6) is 0. The van der Waals surface area contributed by atoms with Crippen LogP contribution in [0.15, 0.2) is 0 Å². The quantitative estimate of drug-likeness (QED) is 0.593. The van der Waals surface area contributed by atoms with Gasteiger partial charge in [0.2, 0.25) is 0 Å². The standard InChI is InChI=1S/C9H17NS/c1-7-5-10(9-3-4-9)6-8(2)11-7/h7-9H,3-6H2,1-2H3. The molecule has 1 saturated heterocycles. The highest BCUT2D eigenvalue weighted by atomic mass is 32.2. The van der Waals surface area contributed by atoms with E-state index in [4.69, 9.17) is 0 Å². The van der Waals surface area contributed by atoms with Crippen molar-refractivity contribution in [3.05, 3.63) is 0 Å². The van der Waals surface area contributed by atoms with Crippen LogP contribution in [0, 0.1) is 0 Å². The predicted molar refractivity (Wildman–Crippen MR) is 51.1 cm³/mol. The predicted octanol–water partition coefficient (Wildman–Crippen LogP) is 1.97. The normalized spacial score (nSPS) is 40.9. The fraction of sp³-hybridized carbons (Fsp3) is 1.00. The average molecular weight is 171 g/mol. The van der Waals surface area contributed by atoms with E-state index in [0.29, 0.717) is 0 Å². The molecule has 2 heteroatoms. The number of rotatable bonds is 1. The molecule has 0 spiro atoms. The van der Waals surface area contributed by atoms with Crippen LogP contribution in [0.1, 0.15) is 26.7 Å². The van der Waals surface area contributed by atoms with E-state index in [1.54, 1.807) is 0 Å². The highest BCUT2D eigenvalue weighted by molar-refractivity contribution is 8.00. The maximum absolute atomic E-state index is 2.69. The van der Waals surface area contributed by atoms with E-state index in [1.807, 2.05) is 0 Å². The summed E-state index contributed by atoms with van der Waals surface area (Å²) >= 11 is 2.15. The second-order valence-corrected chi connectivity index (χ2v) is 5.82. The molecule has 1 nitrogen and oxygen atoms in total. The third-order valence-corrected chi connectivity index (χ3v) is 3.74. The molecular formula is C9H17NS. The van der Waals surface area contributed by atoms with Gasteiger partial charge in [-0.05, 0) is 12.8 Å². The van der Waals surface area contributed by atoms with Gasteiger partial charge in [0.15, 0.2) is 0 Å². The van der Waals surface area contributed by atoms with Gasteiger partial charge in [-0.3, -0.25) is 4.90 Å². The minimum atomic E-state index is 0.861. The summed E-state index contributed by atoms with van der Waals surface area (Å²) in [6.07, 6.45) is 2.92. The Kier molecular flexibility index (Phi) is 2.15. The van der Waals surface area contributed by atoms with E-state index in [1.165, 1.54) is 25.9 Å². The van der Waals surface area contributed by atoms with Crippen LogP contribution in [0.4, 0.5) is 0 Å². The second-order valence-electron chi connectivity index (χ2n) is 3.94. The summed E-state index contributed by atoms with van der Waals surface area (Å²) in [4.78, 5) is 2.69. The maximum Gasteiger partial charge on any atom is 0.0149 e. The van der Waals surface area contributed by atoms with Crippen LogP contribution in [0.3, 0.4) is 0 Å². The molecule has 1 heterocycles. The first-order chi connectivity index (χ1) is 5.25. The lowest BCUT2D eigenvalue weighted by atomic mass is 10.3. The monoisotopic (exact) mass is 171 g/mol. The summed E-state index contributed by atoms with van der Waals surface area (Å²) in [5, 5.41) is 1.72. The Morgan fingerprint density at radius 2 is 1.64 bits per heavy atom. The van der Waals surface area contributed by atoms with E-state index < -0.39 is 0 Å². The largest absolute Gasteiger partial charge is 0.298 e. The van der Waals surface area contributed by atoms with E-state index in [-0.39, 0.29) is 0 Å². The molecule has 1 aliphatic carbocycles. The highest BCUT2D eigenvalue weighted by Gasteiger charge is 2.33. The molecule has 11 heavy (non-hydrogen) atoms. The van der Waals surface area contributed by atoms with Crippen LogP contribution >= 0.6 is 11.8 Å². The smallest absolute Gasteiger partial charge is 0.0149 e. The van der Waals surface area contributed by atoms with Gasteiger partial charge in [0.05, 0.1) is 0 Å². The molecule has 0 bridgehead atoms. The van der Waals surface area contributed by atoms with Gasteiger partial charge in [0.1, 0.15) is 0 Å². The van der Waals surface area contributed by atoms with Crippen LogP contribution in [0.25, 0.3) is 0 Å². The first-order valence-electron chi connectivity index (χ1n) is 4.65. The Balaban J connectivity index is 1.89. The van der Waals surface area contributed by atoms with Crippen molar-refractivity contribution in [1.29, 1.82) is 0 Å². The van der Waals surface area contributed by atoms with Crippen molar-refractivity contribution < 1.29 is 0 Å². The summed E-state index contributed by atoms with van der Waals surface area (Å²) < 4.78 is 0. The van der Waals surface area contributed by atoms with Crippen LogP contribution in [-0.4, -0.2) is 34.5 Å². The minimum Gasteiger partial charge on any atom is -0.298 e. The molecule has 0 aromatic rings. The number of thioether (sulfide) groups is 1. The lowest BCUT2D eigenvalue weighted by Crippen LogP contribution is -2.41. The van der Waals surface area contributed by atoms with Crippen LogP contribution < -0.4 is 0 Å². The molecule has 0 amide bonds. The topological polar surface area (TPSA) is 3.24 Å². The molecule has 2 rings (SSSR count). The Bertz CT molecular complexity index is 134. The zero-order valence-electron chi connectivity index (χ0n) is 7.42. The van der Waals surface area contributed by atoms with Gasteiger partial charge < -0.3 is 0 Å². The van der Waals surface area contributed by atoms with Crippen molar-refractivity contribution in [2.75, 3.05) is 13.1 Å². The van der Waals surface area contributed by atoms with Crippen molar-refractivity contribution in [3.8, 4) is 0 Å². The zero-order valence-corrected chi connectivity index (χ0v) is 8.23. The molecule has 2 fully saturated rings. The van der Waals surface area contributed by atoms with Crippen molar-refractivity contribution in [3.63, 3.8) is 0 Å². The molecule has 0 aromatic heterocycles. The van der Waals surface area contributed by atoms with Crippen molar-refractivity contribution in [2.24, 2.45) is 0 Å². The Morgan fingerprint density at radius 1 is 1.09 bits per heavy atom. The van der Waals surface area contributed by atoms with E-state index in [0.717, 1.165) is 16.5 Å². The van der Waals surface area contributed by atoms with Crippen LogP contribution in [0.5, 0.6) is 0 Å². The lowest BCUT2D eigenvalue weighted by molar-refractivity contribution is 0.261. The van der Waals surface area contributed by atoms with E-state index in [2.05, 4.69) is 30.5 Å². The molecule has 2 aliphatic rings. The Hall–Kier alpha value is 0.310. The SMILES string of the molecule is CC1CN(C2CC2)CC(C)S1. The molecular weight excluding hydrogens is 154 g/mol. The van der Waals surface area contributed by atoms with Crippen molar-refractivity contribution >= 4 is 11.8 Å². The third kappa shape index (κ3) is 1.91. The number of hydrogen-bond donors (Lipinski definition) is 0. The first kappa shape index (κ1) is 7.93. The van der Waals surface area contributed by atoms with Gasteiger partial charge in [0, 0.05) is 29.6 Å². The molecule has 64 valence electrons. The number of nitrogens with zero attached hydrogens (tertiary/aromatic N) is 1. The molecule has 1 aliphatic heterocycles. The molecule has 0 aromatic carbocycles. The molecule has 2 unspecified atom stereocenters. The highest BCUT2D eigenvalue weighted by Crippen LogP contribution is 2.33. The van der Waals surface area contributed by atoms with Crippen LogP contribution in [0.2, 0.25) is 0 Å². The van der Waals surface area contributed by atoms with Gasteiger partial charge in [0.25, 0.3) is 0 Å². The summed E-state index contributed by atoms with van der Waals surface area (Å²) in [6, 6.07) is 0.973. The Morgan fingerprint density at radius 3 is 2.09 bits per heavy atom. The fourth-order valence-corrected chi connectivity index (χ4v) is 3.30. The number of hydrogen-bond acceptors (Lipinski definition) is 2. The summed E-state index contributed by atoms with van der Waals surface area (Å²) in [5.41, 5.74) is 0. The minimum absolute atomic E-state index is 0.861. The van der Waals surface area contributed by atoms with Crippen molar-refractivity contribution in [1.82, 2.24) is 4.90 Å². The summed E-state index contributed by atoms with van der Waals surface area (Å²) in [6.45, 7) is 7.38. The van der Waals surface area contributed by atoms with Gasteiger partial charge in [-0.25, -0.2) is 0 Å². The van der Waals surface area contributed by atoms with Crippen LogP contribution in [-0.2, 0) is 0 Å². The molecule has 0 N–H and O–H groups in total. The maximum atomic E-state index is 2.69. The van der Waals surface area contributed by atoms with Gasteiger partial charge in [-0.2, -0.15) is 11.8 Å². The van der Waals surface area contributed by atoms with E-state index in [9.17, 15) is 0 Å². The first-order valence-corrected chi connectivity index (χ1v) is 5.59. The fourth-order valence-electron chi connectivity index (χ4n) is 1.96. The summed E-state index contributed by atoms with van der Waals surface area (Å²) in [7, 11) is 0. The van der Waals surface area contributed by atoms with Gasteiger partial charge in [-0.1, -0.05) is 13.8 Å². The third-order valence-electron chi connectivity index (χ3n) is 2.51. The zero-order chi connectivity index (χ0) is 7.84. The van der Waals surface area contributed by atoms with Gasteiger partial charge >= 0.3 is 0 Å². The van der Waals surface area contributed by atoms with E-state index >= 15 is 0 Å². The molecule has 1 saturated carbocycles. The second kappa shape index (κ2) is 2.98. The molecule has 0 radical (unpaired) electrons. The van der Waals surface area contributed by atoms with Gasteiger partial charge in [-0.15, -0.1) is 0 Å². The Labute approximate surface area is 73.5 Å². The van der Waals surface area contributed by atoms with Crippen molar-refractivity contribution in [2.45, 2.75) is 43.2 Å². The average Bonchev–Trinajstić information content (AvgIpc) is 2.64. The molecule has 2 atom stereocenters. The lowest BCUT2D eigenvalue weighted by Gasteiger charge is -2.34.